The Morgan fingerprint density at radius 3 is 2.65 bits per heavy atom. The highest BCUT2D eigenvalue weighted by atomic mass is 32.2. The van der Waals surface area contributed by atoms with Crippen LogP contribution in [-0.2, 0) is 14.3 Å². The molecule has 7 heteroatoms. The van der Waals surface area contributed by atoms with Crippen LogP contribution < -0.4 is 11.1 Å². The van der Waals surface area contributed by atoms with E-state index in [9.17, 15) is 14.7 Å². The lowest BCUT2D eigenvalue weighted by atomic mass is 10.1. The lowest BCUT2D eigenvalue weighted by Crippen LogP contribution is -2.51. The van der Waals surface area contributed by atoms with Gasteiger partial charge < -0.3 is 20.9 Å². The highest BCUT2D eigenvalue weighted by molar-refractivity contribution is 7.98. The summed E-state index contributed by atoms with van der Waals surface area (Å²) < 4.78 is 4.61. The van der Waals surface area contributed by atoms with Gasteiger partial charge in [0.15, 0.2) is 6.04 Å². The van der Waals surface area contributed by atoms with Gasteiger partial charge in [-0.3, -0.25) is 4.79 Å². The van der Waals surface area contributed by atoms with Crippen LogP contribution in [-0.4, -0.2) is 53.8 Å². The SMILES string of the molecule is CCOC(=O)C(N)C(=O)NCC(C)(O)CSC. The van der Waals surface area contributed by atoms with Gasteiger partial charge in [0, 0.05) is 12.3 Å². The first-order valence-electron chi connectivity index (χ1n) is 5.25. The number of thioether (sulfide) groups is 1. The number of nitrogens with two attached hydrogens (primary N) is 1. The second-order valence-electron chi connectivity index (χ2n) is 3.88. The molecular formula is C10H20N2O4S. The maximum absolute atomic E-state index is 11.5. The Hall–Kier alpha value is -0.790. The molecule has 6 nitrogen and oxygen atoms in total. The van der Waals surface area contributed by atoms with Crippen molar-refractivity contribution in [1.82, 2.24) is 5.32 Å². The van der Waals surface area contributed by atoms with Gasteiger partial charge >= 0.3 is 5.97 Å². The summed E-state index contributed by atoms with van der Waals surface area (Å²) in [5.74, 6) is -0.943. The van der Waals surface area contributed by atoms with Crippen LogP contribution in [0, 0.1) is 0 Å². The fraction of sp³-hybridized carbons (Fsp3) is 0.800. The summed E-state index contributed by atoms with van der Waals surface area (Å²) in [6, 6.07) is -1.35. The third-order valence-corrected chi connectivity index (χ3v) is 2.83. The van der Waals surface area contributed by atoms with Gasteiger partial charge in [0.05, 0.1) is 12.2 Å². The number of hydrogen-bond donors (Lipinski definition) is 3. The van der Waals surface area contributed by atoms with E-state index in [-0.39, 0.29) is 13.2 Å². The molecule has 0 aromatic rings. The summed E-state index contributed by atoms with van der Waals surface area (Å²) in [5, 5.41) is 12.2. The summed E-state index contributed by atoms with van der Waals surface area (Å²) in [5.41, 5.74) is 4.35. The normalized spacial score (nSPS) is 15.8. The van der Waals surface area contributed by atoms with Crippen LogP contribution in [0.3, 0.4) is 0 Å². The van der Waals surface area contributed by atoms with E-state index in [1.165, 1.54) is 11.8 Å². The van der Waals surface area contributed by atoms with Crippen molar-refractivity contribution < 1.29 is 19.4 Å². The molecule has 1 amide bonds. The first-order valence-corrected chi connectivity index (χ1v) is 6.64. The number of rotatable bonds is 7. The lowest BCUT2D eigenvalue weighted by Gasteiger charge is -2.23. The van der Waals surface area contributed by atoms with Gasteiger partial charge in [-0.2, -0.15) is 11.8 Å². The summed E-state index contributed by atoms with van der Waals surface area (Å²) in [6.45, 7) is 3.44. The van der Waals surface area contributed by atoms with Crippen molar-refractivity contribution in [3.63, 3.8) is 0 Å². The number of carbonyl (C=O) groups is 2. The molecule has 0 rings (SSSR count). The molecule has 17 heavy (non-hydrogen) atoms. The first-order chi connectivity index (χ1) is 7.84. The molecule has 0 saturated carbocycles. The van der Waals surface area contributed by atoms with Crippen LogP contribution in [0.4, 0.5) is 0 Å². The van der Waals surface area contributed by atoms with Crippen molar-refractivity contribution in [3.8, 4) is 0 Å². The minimum Gasteiger partial charge on any atom is -0.464 e. The maximum Gasteiger partial charge on any atom is 0.332 e. The van der Waals surface area contributed by atoms with E-state index in [1.807, 2.05) is 6.26 Å². The fourth-order valence-electron chi connectivity index (χ4n) is 1.09. The van der Waals surface area contributed by atoms with E-state index < -0.39 is 23.5 Å². The minimum atomic E-state index is -1.35. The molecule has 0 aromatic carbocycles. The molecule has 0 bridgehead atoms. The summed E-state index contributed by atoms with van der Waals surface area (Å²) in [7, 11) is 0. The molecule has 100 valence electrons. The molecular weight excluding hydrogens is 244 g/mol. The molecule has 4 N–H and O–H groups in total. The molecule has 0 aliphatic heterocycles. The zero-order valence-electron chi connectivity index (χ0n) is 10.4. The molecule has 0 aliphatic rings. The summed E-state index contributed by atoms with van der Waals surface area (Å²) in [6.07, 6.45) is 1.85. The van der Waals surface area contributed by atoms with Gasteiger partial charge in [-0.15, -0.1) is 0 Å². The summed E-state index contributed by atoms with van der Waals surface area (Å²) >= 11 is 1.46. The predicted molar refractivity (Wildman–Crippen MR) is 66.6 cm³/mol. The van der Waals surface area contributed by atoms with Crippen molar-refractivity contribution in [2.75, 3.05) is 25.2 Å². The number of carbonyl (C=O) groups excluding carboxylic acids is 2. The van der Waals surface area contributed by atoms with Crippen LogP contribution in [0.1, 0.15) is 13.8 Å². The van der Waals surface area contributed by atoms with Crippen LogP contribution in [0.15, 0.2) is 0 Å². The van der Waals surface area contributed by atoms with Crippen molar-refractivity contribution in [1.29, 1.82) is 0 Å². The number of nitrogens with one attached hydrogen (secondary N) is 1. The highest BCUT2D eigenvalue weighted by Crippen LogP contribution is 2.08. The lowest BCUT2D eigenvalue weighted by molar-refractivity contribution is -0.148. The molecule has 0 saturated heterocycles. The number of aliphatic hydroxyl groups is 1. The van der Waals surface area contributed by atoms with E-state index in [4.69, 9.17) is 5.73 Å². The van der Waals surface area contributed by atoms with Crippen molar-refractivity contribution >= 4 is 23.6 Å². The Morgan fingerprint density at radius 2 is 2.18 bits per heavy atom. The van der Waals surface area contributed by atoms with Gasteiger partial charge in [-0.05, 0) is 20.1 Å². The van der Waals surface area contributed by atoms with Crippen molar-refractivity contribution in [2.24, 2.45) is 5.73 Å². The molecule has 0 aromatic heterocycles. The zero-order chi connectivity index (χ0) is 13.5. The second-order valence-corrected chi connectivity index (χ2v) is 4.74. The van der Waals surface area contributed by atoms with Crippen LogP contribution in [0.5, 0.6) is 0 Å². The van der Waals surface area contributed by atoms with Gasteiger partial charge in [-0.1, -0.05) is 0 Å². The van der Waals surface area contributed by atoms with Crippen molar-refractivity contribution in [2.45, 2.75) is 25.5 Å². The fourth-order valence-corrected chi connectivity index (χ4v) is 1.81. The molecule has 2 atom stereocenters. The van der Waals surface area contributed by atoms with Gasteiger partial charge in [-0.25, -0.2) is 4.79 Å². The van der Waals surface area contributed by atoms with Crippen molar-refractivity contribution in [3.05, 3.63) is 0 Å². The van der Waals surface area contributed by atoms with E-state index in [1.54, 1.807) is 13.8 Å². The Balaban J connectivity index is 4.13. The Morgan fingerprint density at radius 1 is 1.59 bits per heavy atom. The zero-order valence-corrected chi connectivity index (χ0v) is 11.2. The smallest absolute Gasteiger partial charge is 0.332 e. The number of amides is 1. The van der Waals surface area contributed by atoms with Gasteiger partial charge in [0.25, 0.3) is 0 Å². The van der Waals surface area contributed by atoms with Gasteiger partial charge in [0.1, 0.15) is 0 Å². The van der Waals surface area contributed by atoms with E-state index in [2.05, 4.69) is 10.1 Å². The Labute approximate surface area is 105 Å². The highest BCUT2D eigenvalue weighted by Gasteiger charge is 2.26. The van der Waals surface area contributed by atoms with E-state index >= 15 is 0 Å². The number of hydrogen-bond acceptors (Lipinski definition) is 6. The predicted octanol–water partition coefficient (Wildman–Crippen LogP) is -0.893. The summed E-state index contributed by atoms with van der Waals surface area (Å²) in [4.78, 5) is 22.6. The number of esters is 1. The minimum absolute atomic E-state index is 0.0414. The molecule has 0 aliphatic carbocycles. The molecule has 0 radical (unpaired) electrons. The van der Waals surface area contributed by atoms with Crippen LogP contribution in [0.2, 0.25) is 0 Å². The molecule has 0 heterocycles. The maximum atomic E-state index is 11.5. The standard InChI is InChI=1S/C10H20N2O4S/c1-4-16-9(14)7(11)8(13)12-5-10(2,15)6-17-3/h7,15H,4-6,11H2,1-3H3,(H,12,13). The Kier molecular flexibility index (Phi) is 7.17. The van der Waals surface area contributed by atoms with E-state index in [0.29, 0.717) is 5.75 Å². The first kappa shape index (κ1) is 16.2. The third kappa shape index (κ3) is 6.50. The topological polar surface area (TPSA) is 102 Å². The average Bonchev–Trinajstić information content (AvgIpc) is 2.25. The van der Waals surface area contributed by atoms with Crippen LogP contribution in [0.25, 0.3) is 0 Å². The average molecular weight is 264 g/mol. The third-order valence-electron chi connectivity index (χ3n) is 1.92. The largest absolute Gasteiger partial charge is 0.464 e. The van der Waals surface area contributed by atoms with Gasteiger partial charge in [0.2, 0.25) is 5.91 Å². The Bertz CT molecular complexity index is 271. The number of ether oxygens (including phenoxy) is 1. The van der Waals surface area contributed by atoms with E-state index in [0.717, 1.165) is 0 Å². The second kappa shape index (κ2) is 7.52. The molecule has 2 unspecified atom stereocenters. The molecule has 0 spiro atoms. The molecule has 0 fully saturated rings. The van der Waals surface area contributed by atoms with Crippen LogP contribution >= 0.6 is 11.8 Å². The monoisotopic (exact) mass is 264 g/mol. The quantitative estimate of drug-likeness (QED) is 0.407.